The van der Waals surface area contributed by atoms with E-state index >= 15 is 0 Å². The zero-order valence-corrected chi connectivity index (χ0v) is 19.3. The van der Waals surface area contributed by atoms with Crippen LogP contribution in [0.15, 0.2) is 47.4 Å². The van der Waals surface area contributed by atoms with Crippen LogP contribution >= 0.6 is 0 Å². The maximum absolute atomic E-state index is 13.1. The van der Waals surface area contributed by atoms with Crippen LogP contribution in [-0.2, 0) is 21.2 Å². The lowest BCUT2D eigenvalue weighted by Crippen LogP contribution is -2.44. The Morgan fingerprint density at radius 3 is 2.52 bits per heavy atom. The Labute approximate surface area is 193 Å². The molecule has 1 N–H and O–H groups in total. The van der Waals surface area contributed by atoms with E-state index in [1.54, 1.807) is 18.2 Å². The van der Waals surface area contributed by atoms with Gasteiger partial charge in [0.15, 0.2) is 0 Å². The van der Waals surface area contributed by atoms with Gasteiger partial charge in [0.1, 0.15) is 5.75 Å². The van der Waals surface area contributed by atoms with Crippen LogP contribution in [0.5, 0.6) is 5.75 Å². The summed E-state index contributed by atoms with van der Waals surface area (Å²) in [6.45, 7) is 2.08. The molecule has 1 atom stereocenters. The average molecular weight is 479 g/mol. The first-order valence-electron chi connectivity index (χ1n) is 11.0. The number of nitrogens with zero attached hydrogens (tertiary/aromatic N) is 1. The zero-order valence-electron chi connectivity index (χ0n) is 18.5. The number of nitrogens with one attached hydrogen (secondary N) is 1. The van der Waals surface area contributed by atoms with Crippen molar-refractivity contribution in [3.05, 3.63) is 69.6 Å². The van der Waals surface area contributed by atoms with Crippen LogP contribution in [0.1, 0.15) is 34.7 Å². The summed E-state index contributed by atoms with van der Waals surface area (Å²) in [5.41, 5.74) is 3.69. The quantitative estimate of drug-likeness (QED) is 0.624. The number of morpholine rings is 1. The lowest BCUT2D eigenvalue weighted by molar-refractivity contribution is -0.0498. The second-order valence-electron chi connectivity index (χ2n) is 8.28. The minimum atomic E-state index is -3.70. The maximum atomic E-state index is 13.1. The first kappa shape index (κ1) is 23.8. The molecule has 0 bridgehead atoms. The molecule has 0 amide bonds. The molecule has 2 aromatic carbocycles. The molecule has 1 heterocycles. The highest BCUT2D eigenvalue weighted by molar-refractivity contribution is 7.93. The molecule has 1 unspecified atom stereocenters. The highest BCUT2D eigenvalue weighted by atomic mass is 32.2. The molecular formula is C24H28F2N2O4S. The lowest BCUT2D eigenvalue weighted by atomic mass is 9.97. The minimum Gasteiger partial charge on any atom is -0.435 e. The predicted molar refractivity (Wildman–Crippen MR) is 123 cm³/mol. The largest absolute Gasteiger partial charge is 0.435 e. The number of sulfonamides is 1. The minimum absolute atomic E-state index is 0.0769. The van der Waals surface area contributed by atoms with E-state index in [0.717, 1.165) is 29.8 Å². The van der Waals surface area contributed by atoms with Crippen LogP contribution in [0, 0.1) is 6.92 Å². The molecule has 2 aromatic rings. The van der Waals surface area contributed by atoms with Gasteiger partial charge in [-0.2, -0.15) is 8.78 Å². The molecule has 9 heteroatoms. The molecule has 2 aliphatic rings. The maximum Gasteiger partial charge on any atom is 0.387 e. The molecule has 6 nitrogen and oxygen atoms in total. The number of aryl methyl sites for hydroxylation is 2. The van der Waals surface area contributed by atoms with Crippen molar-refractivity contribution >= 4 is 16.1 Å². The van der Waals surface area contributed by atoms with Gasteiger partial charge in [0, 0.05) is 25.7 Å². The smallest absolute Gasteiger partial charge is 0.387 e. The summed E-state index contributed by atoms with van der Waals surface area (Å²) >= 11 is 0. The van der Waals surface area contributed by atoms with Crippen molar-refractivity contribution in [1.29, 1.82) is 0 Å². The molecule has 178 valence electrons. The Balaban J connectivity index is 1.50. The van der Waals surface area contributed by atoms with E-state index < -0.39 is 16.6 Å². The standard InChI is InChI=1S/C24H28F2N2O4S/c1-17-2-4-18(5-3-17)23(28-10-12-31-13-11-28)16-27-33(29,30)22-9-7-19-14-21(32-24(25)26)8-6-20(19)15-22/h2-6,8,14-15,23-24,27H,7,9-13,16H2,1H3. The molecule has 1 fully saturated rings. The fourth-order valence-electron chi connectivity index (χ4n) is 4.25. The van der Waals surface area contributed by atoms with Crippen molar-refractivity contribution in [3.8, 4) is 5.75 Å². The molecule has 0 aromatic heterocycles. The number of benzene rings is 2. The van der Waals surface area contributed by atoms with Gasteiger partial charge in [-0.05, 0) is 54.7 Å². The molecule has 4 rings (SSSR count). The molecule has 33 heavy (non-hydrogen) atoms. The van der Waals surface area contributed by atoms with Crippen molar-refractivity contribution in [3.63, 3.8) is 0 Å². The van der Waals surface area contributed by atoms with Crippen LogP contribution in [0.2, 0.25) is 0 Å². The van der Waals surface area contributed by atoms with Gasteiger partial charge in [0.25, 0.3) is 0 Å². The summed E-state index contributed by atoms with van der Waals surface area (Å²) in [6, 6.07) is 12.6. The van der Waals surface area contributed by atoms with E-state index in [0.29, 0.717) is 36.5 Å². The van der Waals surface area contributed by atoms with Crippen molar-refractivity contribution in [2.75, 3.05) is 32.8 Å². The van der Waals surface area contributed by atoms with Crippen molar-refractivity contribution in [2.45, 2.75) is 32.4 Å². The van der Waals surface area contributed by atoms with E-state index in [1.165, 1.54) is 6.07 Å². The third-order valence-electron chi connectivity index (χ3n) is 6.06. The first-order valence-corrected chi connectivity index (χ1v) is 12.5. The summed E-state index contributed by atoms with van der Waals surface area (Å²) in [6.07, 6.45) is 2.35. The van der Waals surface area contributed by atoms with Crippen molar-refractivity contribution in [2.24, 2.45) is 0 Å². The van der Waals surface area contributed by atoms with Crippen molar-refractivity contribution in [1.82, 2.24) is 9.62 Å². The van der Waals surface area contributed by atoms with Gasteiger partial charge >= 0.3 is 6.61 Å². The Kier molecular flexibility index (Phi) is 7.43. The molecule has 0 saturated carbocycles. The Bertz CT molecular complexity index is 1100. The number of rotatable bonds is 8. The van der Waals surface area contributed by atoms with Gasteiger partial charge < -0.3 is 9.47 Å². The van der Waals surface area contributed by atoms with Gasteiger partial charge in [0.05, 0.1) is 18.1 Å². The first-order chi connectivity index (χ1) is 15.8. The SMILES string of the molecule is Cc1ccc(C(CNS(=O)(=O)C2=Cc3ccc(OC(F)F)cc3CC2)N2CCOCC2)cc1. The second-order valence-corrected chi connectivity index (χ2v) is 10.1. The van der Waals surface area contributed by atoms with E-state index in [1.807, 2.05) is 31.2 Å². The summed E-state index contributed by atoms with van der Waals surface area (Å²) in [5.74, 6) is 0.0769. The summed E-state index contributed by atoms with van der Waals surface area (Å²) in [4.78, 5) is 2.54. The van der Waals surface area contributed by atoms with Crippen LogP contribution in [-0.4, -0.2) is 52.8 Å². The monoisotopic (exact) mass is 478 g/mol. The topological polar surface area (TPSA) is 67.9 Å². The van der Waals surface area contributed by atoms with Crippen LogP contribution in [0.4, 0.5) is 8.78 Å². The fourth-order valence-corrected chi connectivity index (χ4v) is 5.46. The number of hydrogen-bond donors (Lipinski definition) is 1. The van der Waals surface area contributed by atoms with Gasteiger partial charge in [0.2, 0.25) is 10.0 Å². The molecular weight excluding hydrogens is 450 g/mol. The summed E-state index contributed by atoms with van der Waals surface area (Å²) in [5, 5.41) is 0. The molecule has 0 spiro atoms. The fraction of sp³-hybridized carbons (Fsp3) is 0.417. The van der Waals surface area contributed by atoms with E-state index in [2.05, 4.69) is 14.4 Å². The van der Waals surface area contributed by atoms with Gasteiger partial charge in [-0.3, -0.25) is 4.90 Å². The normalized spacial score (nSPS) is 18.0. The number of hydrogen-bond acceptors (Lipinski definition) is 5. The predicted octanol–water partition coefficient (Wildman–Crippen LogP) is 3.88. The van der Waals surface area contributed by atoms with Crippen LogP contribution < -0.4 is 9.46 Å². The summed E-state index contributed by atoms with van der Waals surface area (Å²) < 4.78 is 63.9. The highest BCUT2D eigenvalue weighted by Gasteiger charge is 2.27. The van der Waals surface area contributed by atoms with E-state index in [-0.39, 0.29) is 18.3 Å². The van der Waals surface area contributed by atoms with Gasteiger partial charge in [-0.25, -0.2) is 13.1 Å². The number of fused-ring (bicyclic) bond motifs is 1. The molecule has 1 saturated heterocycles. The highest BCUT2D eigenvalue weighted by Crippen LogP contribution is 2.30. The Morgan fingerprint density at radius 1 is 1.09 bits per heavy atom. The second kappa shape index (κ2) is 10.3. The van der Waals surface area contributed by atoms with Gasteiger partial charge in [-0.1, -0.05) is 35.9 Å². The average Bonchev–Trinajstić information content (AvgIpc) is 2.80. The molecule has 1 aliphatic heterocycles. The number of allylic oxidation sites excluding steroid dienone is 1. The van der Waals surface area contributed by atoms with Crippen LogP contribution in [0.25, 0.3) is 6.08 Å². The Hall–Kier alpha value is -2.33. The summed E-state index contributed by atoms with van der Waals surface area (Å²) in [7, 11) is -3.70. The third kappa shape index (κ3) is 5.97. The third-order valence-corrected chi connectivity index (χ3v) is 7.62. The number of alkyl halides is 2. The number of ether oxygens (including phenoxy) is 2. The number of halogens is 2. The van der Waals surface area contributed by atoms with Crippen molar-refractivity contribution < 1.29 is 26.7 Å². The lowest BCUT2D eigenvalue weighted by Gasteiger charge is -2.35. The van der Waals surface area contributed by atoms with E-state index in [9.17, 15) is 17.2 Å². The van der Waals surface area contributed by atoms with Gasteiger partial charge in [-0.15, -0.1) is 0 Å². The molecule has 1 aliphatic carbocycles. The zero-order chi connectivity index (χ0) is 23.4. The molecule has 0 radical (unpaired) electrons. The Morgan fingerprint density at radius 2 is 1.82 bits per heavy atom. The van der Waals surface area contributed by atoms with Crippen LogP contribution in [0.3, 0.4) is 0 Å². The van der Waals surface area contributed by atoms with E-state index in [4.69, 9.17) is 4.74 Å².